The van der Waals surface area contributed by atoms with Crippen LogP contribution in [0, 0.1) is 0 Å². The van der Waals surface area contributed by atoms with E-state index < -0.39 is 0 Å². The first-order valence-corrected chi connectivity index (χ1v) is 10.1. The molecule has 2 heterocycles. The summed E-state index contributed by atoms with van der Waals surface area (Å²) in [4.78, 5) is 11.7. The molecular weight excluding hydrogens is 334 g/mol. The van der Waals surface area contributed by atoms with Crippen LogP contribution >= 0.6 is 0 Å². The number of pyridine rings is 1. The van der Waals surface area contributed by atoms with Crippen LogP contribution in [-0.4, -0.2) is 36.6 Å². The molecule has 5 heteroatoms. The molecule has 0 aliphatic carbocycles. The van der Waals surface area contributed by atoms with Crippen molar-refractivity contribution in [1.29, 1.82) is 0 Å². The van der Waals surface area contributed by atoms with Crippen LogP contribution in [-0.2, 0) is 13.0 Å². The van der Waals surface area contributed by atoms with Gasteiger partial charge in [0.05, 0.1) is 6.54 Å². The highest BCUT2D eigenvalue weighted by molar-refractivity contribution is 5.80. The Morgan fingerprint density at radius 1 is 1.07 bits per heavy atom. The molecule has 1 aliphatic heterocycles. The Hall–Kier alpha value is -2.56. The van der Waals surface area contributed by atoms with Crippen molar-refractivity contribution >= 4 is 11.8 Å². The number of nitrogens with zero attached hydrogens (tertiary/aromatic N) is 3. The van der Waals surface area contributed by atoms with E-state index in [0.29, 0.717) is 12.6 Å². The predicted octanol–water partition coefficient (Wildman–Crippen LogP) is 3.37. The zero-order chi connectivity index (χ0) is 18.9. The van der Waals surface area contributed by atoms with Crippen molar-refractivity contribution in [2.45, 2.75) is 45.7 Å². The van der Waals surface area contributed by atoms with E-state index in [4.69, 9.17) is 4.99 Å². The molecule has 1 saturated heterocycles. The molecule has 27 heavy (non-hydrogen) atoms. The van der Waals surface area contributed by atoms with E-state index in [0.717, 1.165) is 50.7 Å². The molecule has 1 fully saturated rings. The number of aryl methyl sites for hydroxylation is 1. The fraction of sp³-hybridized carbons (Fsp3) is 0.455. The van der Waals surface area contributed by atoms with E-state index in [-0.39, 0.29) is 0 Å². The van der Waals surface area contributed by atoms with E-state index in [1.54, 1.807) is 0 Å². The molecule has 2 N–H and O–H groups in total. The maximum atomic E-state index is 4.83. The average molecular weight is 366 g/mol. The number of guanidine groups is 1. The molecule has 1 aliphatic rings. The van der Waals surface area contributed by atoms with E-state index >= 15 is 0 Å². The average Bonchev–Trinajstić information content (AvgIpc) is 2.73. The van der Waals surface area contributed by atoms with Gasteiger partial charge in [0.1, 0.15) is 5.82 Å². The van der Waals surface area contributed by atoms with Crippen molar-refractivity contribution in [2.75, 3.05) is 24.5 Å². The van der Waals surface area contributed by atoms with Gasteiger partial charge in [-0.2, -0.15) is 0 Å². The lowest BCUT2D eigenvalue weighted by Crippen LogP contribution is -2.48. The lowest BCUT2D eigenvalue weighted by molar-refractivity contribution is 0.459. The van der Waals surface area contributed by atoms with Gasteiger partial charge in [-0.25, -0.2) is 9.98 Å². The van der Waals surface area contributed by atoms with Crippen molar-refractivity contribution < 1.29 is 0 Å². The Morgan fingerprint density at radius 3 is 2.48 bits per heavy atom. The number of rotatable bonds is 6. The van der Waals surface area contributed by atoms with Gasteiger partial charge in [0.2, 0.25) is 0 Å². The van der Waals surface area contributed by atoms with Gasteiger partial charge in [-0.3, -0.25) is 0 Å². The van der Waals surface area contributed by atoms with E-state index in [9.17, 15) is 0 Å². The number of hydrogen-bond acceptors (Lipinski definition) is 3. The Bertz CT molecular complexity index is 720. The highest BCUT2D eigenvalue weighted by Gasteiger charge is 2.20. The molecular formula is C22H31N5. The normalized spacial score (nSPS) is 15.6. The molecule has 1 aromatic carbocycles. The first-order valence-electron chi connectivity index (χ1n) is 10.1. The number of piperidine rings is 1. The molecule has 1 aromatic heterocycles. The summed E-state index contributed by atoms with van der Waals surface area (Å²) in [5, 5.41) is 7.02. The molecule has 0 bridgehead atoms. The quantitative estimate of drug-likeness (QED) is 0.609. The molecule has 0 amide bonds. The van der Waals surface area contributed by atoms with Crippen molar-refractivity contribution in [3.8, 4) is 0 Å². The van der Waals surface area contributed by atoms with E-state index in [1.165, 1.54) is 11.1 Å². The minimum absolute atomic E-state index is 0.448. The van der Waals surface area contributed by atoms with Gasteiger partial charge in [-0.1, -0.05) is 37.3 Å². The van der Waals surface area contributed by atoms with Crippen molar-refractivity contribution in [3.63, 3.8) is 0 Å². The zero-order valence-electron chi connectivity index (χ0n) is 16.5. The van der Waals surface area contributed by atoms with E-state index in [2.05, 4.69) is 70.8 Å². The molecule has 0 spiro atoms. The van der Waals surface area contributed by atoms with Gasteiger partial charge in [-0.15, -0.1) is 0 Å². The summed E-state index contributed by atoms with van der Waals surface area (Å²) in [6.45, 7) is 7.93. The van der Waals surface area contributed by atoms with Crippen molar-refractivity contribution in [2.24, 2.45) is 4.99 Å². The second-order valence-electron chi connectivity index (χ2n) is 6.91. The van der Waals surface area contributed by atoms with Gasteiger partial charge in [0, 0.05) is 31.9 Å². The van der Waals surface area contributed by atoms with Crippen molar-refractivity contribution in [1.82, 2.24) is 15.6 Å². The second-order valence-corrected chi connectivity index (χ2v) is 6.91. The molecule has 0 unspecified atom stereocenters. The molecule has 5 nitrogen and oxygen atoms in total. The third-order valence-corrected chi connectivity index (χ3v) is 5.06. The van der Waals surface area contributed by atoms with Crippen LogP contribution < -0.4 is 15.5 Å². The lowest BCUT2D eigenvalue weighted by atomic mass is 10.1. The Balaban J connectivity index is 1.57. The molecule has 144 valence electrons. The third kappa shape index (κ3) is 5.46. The number of aromatic nitrogens is 1. The first kappa shape index (κ1) is 19.2. The van der Waals surface area contributed by atoms with E-state index in [1.807, 2.05) is 12.3 Å². The maximum Gasteiger partial charge on any atom is 0.191 e. The Morgan fingerprint density at radius 2 is 1.81 bits per heavy atom. The number of hydrogen-bond donors (Lipinski definition) is 2. The summed E-state index contributed by atoms with van der Waals surface area (Å²) >= 11 is 0. The van der Waals surface area contributed by atoms with Crippen molar-refractivity contribution in [3.05, 3.63) is 59.8 Å². The molecule has 0 atom stereocenters. The maximum absolute atomic E-state index is 4.83. The SMILES string of the molecule is CCNC(=NCc1ccccc1CC)NC1CCN(c2ccccn2)CC1. The first-order chi connectivity index (χ1) is 13.3. The largest absolute Gasteiger partial charge is 0.357 e. The fourth-order valence-corrected chi connectivity index (χ4v) is 3.53. The predicted molar refractivity (Wildman–Crippen MR) is 113 cm³/mol. The summed E-state index contributed by atoms with van der Waals surface area (Å²) in [5.41, 5.74) is 2.68. The smallest absolute Gasteiger partial charge is 0.191 e. The van der Waals surface area contributed by atoms with Crippen LogP contribution in [0.3, 0.4) is 0 Å². The van der Waals surface area contributed by atoms with Gasteiger partial charge >= 0.3 is 0 Å². The van der Waals surface area contributed by atoms with Crippen LogP contribution in [0.4, 0.5) is 5.82 Å². The highest BCUT2D eigenvalue weighted by Crippen LogP contribution is 2.17. The molecule has 2 aromatic rings. The fourth-order valence-electron chi connectivity index (χ4n) is 3.53. The molecule has 0 saturated carbocycles. The summed E-state index contributed by atoms with van der Waals surface area (Å²) in [5.74, 6) is 1.99. The van der Waals surface area contributed by atoms with Gasteiger partial charge in [-0.05, 0) is 49.4 Å². The van der Waals surface area contributed by atoms with Crippen LogP contribution in [0.2, 0.25) is 0 Å². The number of anilines is 1. The van der Waals surface area contributed by atoms with Gasteiger partial charge in [0.25, 0.3) is 0 Å². The van der Waals surface area contributed by atoms with Crippen LogP contribution in [0.1, 0.15) is 37.8 Å². The standard InChI is InChI=1S/C22H31N5/c1-3-18-9-5-6-10-19(18)17-25-22(23-4-2)26-20-12-15-27(16-13-20)21-11-7-8-14-24-21/h5-11,14,20H,3-4,12-13,15-17H2,1-2H3,(H2,23,25,26). The Kier molecular flexibility index (Phi) is 7.08. The third-order valence-electron chi connectivity index (χ3n) is 5.06. The highest BCUT2D eigenvalue weighted by atomic mass is 15.2. The number of benzene rings is 1. The zero-order valence-corrected chi connectivity index (χ0v) is 16.5. The monoisotopic (exact) mass is 365 g/mol. The topological polar surface area (TPSA) is 52.6 Å². The summed E-state index contributed by atoms with van der Waals surface area (Å²) in [6.07, 6.45) is 5.09. The molecule has 3 rings (SSSR count). The summed E-state index contributed by atoms with van der Waals surface area (Å²) in [6, 6.07) is 15.1. The lowest BCUT2D eigenvalue weighted by Gasteiger charge is -2.33. The van der Waals surface area contributed by atoms with Crippen LogP contribution in [0.25, 0.3) is 0 Å². The van der Waals surface area contributed by atoms with Gasteiger partial charge in [0.15, 0.2) is 5.96 Å². The van der Waals surface area contributed by atoms with Crippen LogP contribution in [0.15, 0.2) is 53.7 Å². The summed E-state index contributed by atoms with van der Waals surface area (Å²) < 4.78 is 0. The number of aliphatic imine (C=N–C) groups is 1. The minimum Gasteiger partial charge on any atom is -0.357 e. The Labute approximate surface area is 162 Å². The second kappa shape index (κ2) is 9.95. The summed E-state index contributed by atoms with van der Waals surface area (Å²) in [7, 11) is 0. The van der Waals surface area contributed by atoms with Gasteiger partial charge < -0.3 is 15.5 Å². The van der Waals surface area contributed by atoms with Crippen LogP contribution in [0.5, 0.6) is 0 Å². The molecule has 0 radical (unpaired) electrons. The minimum atomic E-state index is 0.448. The number of nitrogens with one attached hydrogen (secondary N) is 2.